The molecule has 0 aromatic heterocycles. The standard InChI is InChI=1S/C19H30N4O2/c1-14(2)12-21-19(22-13-18(24)23(4)5)20-10-9-16-11-15(3)7-8-17(16)25-6/h7-8,11H,1,9-10,12-13H2,2-6H3,(H2,20,21,22). The topological polar surface area (TPSA) is 66.0 Å². The fraction of sp³-hybridized carbons (Fsp3) is 0.474. The predicted octanol–water partition coefficient (Wildman–Crippen LogP) is 1.75. The van der Waals surface area contributed by atoms with E-state index in [4.69, 9.17) is 4.74 Å². The molecule has 0 aliphatic heterocycles. The van der Waals surface area contributed by atoms with Gasteiger partial charge >= 0.3 is 0 Å². The number of hydrogen-bond donors (Lipinski definition) is 2. The summed E-state index contributed by atoms with van der Waals surface area (Å²) in [7, 11) is 5.11. The van der Waals surface area contributed by atoms with Gasteiger partial charge in [-0.2, -0.15) is 0 Å². The molecule has 0 heterocycles. The Labute approximate surface area is 151 Å². The molecule has 6 nitrogen and oxygen atoms in total. The molecule has 1 rings (SSSR count). The molecule has 1 aromatic carbocycles. The first-order valence-electron chi connectivity index (χ1n) is 8.33. The van der Waals surface area contributed by atoms with Gasteiger partial charge in [0, 0.05) is 27.2 Å². The number of rotatable bonds is 8. The average Bonchev–Trinajstić information content (AvgIpc) is 2.56. The van der Waals surface area contributed by atoms with Crippen LogP contribution in [0.15, 0.2) is 35.3 Å². The number of ether oxygens (including phenoxy) is 1. The minimum atomic E-state index is -0.0446. The number of methoxy groups -OCH3 is 1. The first-order chi connectivity index (χ1) is 11.8. The van der Waals surface area contributed by atoms with Gasteiger partial charge < -0.3 is 20.3 Å². The Morgan fingerprint density at radius 3 is 2.64 bits per heavy atom. The van der Waals surface area contributed by atoms with Crippen molar-refractivity contribution in [1.82, 2.24) is 15.5 Å². The Morgan fingerprint density at radius 1 is 1.32 bits per heavy atom. The van der Waals surface area contributed by atoms with Gasteiger partial charge in [-0.25, -0.2) is 4.99 Å². The number of benzene rings is 1. The molecule has 0 saturated heterocycles. The third-order valence-electron chi connectivity index (χ3n) is 3.55. The first-order valence-corrected chi connectivity index (χ1v) is 8.33. The molecule has 0 spiro atoms. The van der Waals surface area contributed by atoms with Gasteiger partial charge in [0.25, 0.3) is 0 Å². The molecule has 0 unspecified atom stereocenters. The van der Waals surface area contributed by atoms with E-state index in [2.05, 4.69) is 35.2 Å². The maximum absolute atomic E-state index is 11.7. The molecule has 6 heteroatoms. The van der Waals surface area contributed by atoms with Crippen LogP contribution >= 0.6 is 0 Å². The second kappa shape index (κ2) is 10.4. The van der Waals surface area contributed by atoms with Crippen molar-refractivity contribution in [3.05, 3.63) is 41.5 Å². The molecule has 0 aliphatic rings. The Morgan fingerprint density at radius 2 is 2.04 bits per heavy atom. The number of aliphatic imine (C=N–C) groups is 1. The van der Waals surface area contributed by atoms with E-state index in [1.54, 1.807) is 21.2 Å². The van der Waals surface area contributed by atoms with Crippen molar-refractivity contribution in [2.75, 3.05) is 40.8 Å². The van der Waals surface area contributed by atoms with Crippen molar-refractivity contribution >= 4 is 11.9 Å². The molecule has 0 bridgehead atoms. The fourth-order valence-corrected chi connectivity index (χ4v) is 2.12. The van der Waals surface area contributed by atoms with Gasteiger partial charge in [0.05, 0.1) is 7.11 Å². The van der Waals surface area contributed by atoms with Crippen LogP contribution in [0, 0.1) is 6.92 Å². The molecule has 0 saturated carbocycles. The molecule has 1 aromatic rings. The Hall–Kier alpha value is -2.50. The maximum Gasteiger partial charge on any atom is 0.243 e. The molecular weight excluding hydrogens is 316 g/mol. The van der Waals surface area contributed by atoms with Crippen LogP contribution in [-0.4, -0.2) is 57.6 Å². The van der Waals surface area contributed by atoms with E-state index in [0.717, 1.165) is 23.3 Å². The number of nitrogens with one attached hydrogen (secondary N) is 2. The quantitative estimate of drug-likeness (QED) is 0.428. The van der Waals surface area contributed by atoms with Gasteiger partial charge in [-0.05, 0) is 31.9 Å². The Balaban J connectivity index is 2.68. The maximum atomic E-state index is 11.7. The van der Waals surface area contributed by atoms with Gasteiger partial charge in [0.1, 0.15) is 12.3 Å². The lowest BCUT2D eigenvalue weighted by atomic mass is 10.1. The van der Waals surface area contributed by atoms with E-state index in [1.807, 2.05) is 19.1 Å². The fourth-order valence-electron chi connectivity index (χ4n) is 2.12. The predicted molar refractivity (Wildman–Crippen MR) is 103 cm³/mol. The highest BCUT2D eigenvalue weighted by atomic mass is 16.5. The molecule has 0 atom stereocenters. The van der Waals surface area contributed by atoms with Gasteiger partial charge in [-0.3, -0.25) is 4.79 Å². The van der Waals surface area contributed by atoms with E-state index in [9.17, 15) is 4.79 Å². The molecule has 138 valence electrons. The van der Waals surface area contributed by atoms with E-state index in [1.165, 1.54) is 10.5 Å². The van der Waals surface area contributed by atoms with Crippen molar-refractivity contribution in [1.29, 1.82) is 0 Å². The zero-order valence-corrected chi connectivity index (χ0v) is 16.0. The van der Waals surface area contributed by atoms with Crippen LogP contribution in [0.5, 0.6) is 5.75 Å². The highest BCUT2D eigenvalue weighted by Crippen LogP contribution is 2.19. The Bertz CT molecular complexity index is 624. The summed E-state index contributed by atoms with van der Waals surface area (Å²) in [6.07, 6.45) is 0.792. The molecular formula is C19H30N4O2. The van der Waals surface area contributed by atoms with Crippen LogP contribution < -0.4 is 15.4 Å². The number of carbonyl (C=O) groups excluding carboxylic acids is 1. The van der Waals surface area contributed by atoms with E-state index >= 15 is 0 Å². The normalized spacial score (nSPS) is 11.0. The summed E-state index contributed by atoms with van der Waals surface area (Å²) in [6, 6.07) is 6.13. The zero-order chi connectivity index (χ0) is 18.8. The summed E-state index contributed by atoms with van der Waals surface area (Å²) < 4.78 is 5.41. The summed E-state index contributed by atoms with van der Waals surface area (Å²) in [6.45, 7) is 9.26. The summed E-state index contributed by atoms with van der Waals surface area (Å²) in [5, 5.41) is 6.44. The molecule has 0 fully saturated rings. The van der Waals surface area contributed by atoms with Crippen LogP contribution in [0.3, 0.4) is 0 Å². The van der Waals surface area contributed by atoms with E-state index in [-0.39, 0.29) is 12.5 Å². The van der Waals surface area contributed by atoms with Crippen molar-refractivity contribution in [3.63, 3.8) is 0 Å². The highest BCUT2D eigenvalue weighted by Gasteiger charge is 2.06. The van der Waals surface area contributed by atoms with E-state index in [0.29, 0.717) is 19.0 Å². The average molecular weight is 346 g/mol. The summed E-state index contributed by atoms with van der Waals surface area (Å²) >= 11 is 0. The van der Waals surface area contributed by atoms with Crippen LogP contribution in [0.1, 0.15) is 18.1 Å². The number of hydrogen-bond acceptors (Lipinski definition) is 3. The van der Waals surface area contributed by atoms with Gasteiger partial charge in [0.2, 0.25) is 5.91 Å². The van der Waals surface area contributed by atoms with Crippen molar-refractivity contribution in [2.24, 2.45) is 4.99 Å². The van der Waals surface area contributed by atoms with Crippen LogP contribution in [0.2, 0.25) is 0 Å². The lowest BCUT2D eigenvalue weighted by Gasteiger charge is -2.15. The molecule has 25 heavy (non-hydrogen) atoms. The smallest absolute Gasteiger partial charge is 0.243 e. The first kappa shape index (κ1) is 20.5. The Kier molecular flexibility index (Phi) is 8.53. The molecule has 0 radical (unpaired) electrons. The van der Waals surface area contributed by atoms with Crippen molar-refractivity contribution in [3.8, 4) is 5.75 Å². The van der Waals surface area contributed by atoms with E-state index < -0.39 is 0 Å². The molecule has 2 N–H and O–H groups in total. The number of carbonyl (C=O) groups is 1. The van der Waals surface area contributed by atoms with Crippen molar-refractivity contribution < 1.29 is 9.53 Å². The zero-order valence-electron chi connectivity index (χ0n) is 16.0. The lowest BCUT2D eigenvalue weighted by molar-refractivity contribution is -0.127. The number of guanidine groups is 1. The number of likely N-dealkylation sites (N-methyl/N-ethyl adjacent to an activating group) is 1. The van der Waals surface area contributed by atoms with Crippen LogP contribution in [-0.2, 0) is 11.2 Å². The lowest BCUT2D eigenvalue weighted by Crippen LogP contribution is -2.40. The minimum Gasteiger partial charge on any atom is -0.496 e. The van der Waals surface area contributed by atoms with Crippen LogP contribution in [0.25, 0.3) is 0 Å². The summed E-state index contributed by atoms with van der Waals surface area (Å²) in [4.78, 5) is 17.6. The monoisotopic (exact) mass is 346 g/mol. The number of aryl methyl sites for hydroxylation is 1. The number of nitrogens with zero attached hydrogens (tertiary/aromatic N) is 2. The summed E-state index contributed by atoms with van der Waals surface area (Å²) in [5.41, 5.74) is 3.33. The second-order valence-electron chi connectivity index (χ2n) is 6.26. The SMILES string of the molecule is C=C(C)CNC(=NCC(=O)N(C)C)NCCc1cc(C)ccc1OC. The van der Waals surface area contributed by atoms with Crippen LogP contribution in [0.4, 0.5) is 0 Å². The van der Waals surface area contributed by atoms with Gasteiger partial charge in [-0.15, -0.1) is 0 Å². The number of amides is 1. The highest BCUT2D eigenvalue weighted by molar-refractivity contribution is 5.84. The van der Waals surface area contributed by atoms with Gasteiger partial charge in [-0.1, -0.05) is 29.8 Å². The third kappa shape index (κ3) is 7.74. The summed E-state index contributed by atoms with van der Waals surface area (Å²) in [5.74, 6) is 1.44. The van der Waals surface area contributed by atoms with Crippen molar-refractivity contribution in [2.45, 2.75) is 20.3 Å². The minimum absolute atomic E-state index is 0.0446. The largest absolute Gasteiger partial charge is 0.496 e. The third-order valence-corrected chi connectivity index (χ3v) is 3.55. The van der Waals surface area contributed by atoms with Gasteiger partial charge in [0.15, 0.2) is 5.96 Å². The second-order valence-corrected chi connectivity index (χ2v) is 6.26. The molecule has 0 aliphatic carbocycles. The molecule has 1 amide bonds.